The highest BCUT2D eigenvalue weighted by molar-refractivity contribution is 7.98. The SMILES string of the molecule is Cc1ccc(C)c(CS(=O)(=O)c2c(C)ccc[n+]2[O-])c1.Cc1ccc(C)c(CSc2c(C)ccc[n+]2[O-])c1. The van der Waals surface area contributed by atoms with E-state index >= 15 is 0 Å². The van der Waals surface area contributed by atoms with Crippen LogP contribution in [-0.2, 0) is 21.3 Å². The van der Waals surface area contributed by atoms with E-state index in [0.29, 0.717) is 10.3 Å². The van der Waals surface area contributed by atoms with Gasteiger partial charge in [-0.3, -0.25) is 0 Å². The fourth-order valence-corrected chi connectivity index (χ4v) is 6.89. The Morgan fingerprint density at radius 2 is 1.21 bits per heavy atom. The fraction of sp³-hybridized carbons (Fsp3) is 0.267. The molecule has 0 radical (unpaired) electrons. The van der Waals surface area contributed by atoms with Crippen LogP contribution in [-0.4, -0.2) is 8.42 Å². The quantitative estimate of drug-likeness (QED) is 0.173. The highest BCUT2D eigenvalue weighted by Gasteiger charge is 2.27. The molecule has 0 saturated heterocycles. The number of thioether (sulfide) groups is 1. The smallest absolute Gasteiger partial charge is 0.311 e. The van der Waals surface area contributed by atoms with Gasteiger partial charge in [-0.05, 0) is 75.9 Å². The molecular weight excluding hydrogens is 516 g/mol. The zero-order chi connectivity index (χ0) is 28.0. The van der Waals surface area contributed by atoms with Gasteiger partial charge in [-0.25, -0.2) is 8.42 Å². The second kappa shape index (κ2) is 12.5. The Hall–Kier alpha value is -3.36. The number of rotatable bonds is 6. The number of benzene rings is 2. The molecule has 0 unspecified atom stereocenters. The van der Waals surface area contributed by atoms with E-state index in [1.54, 1.807) is 43.1 Å². The van der Waals surface area contributed by atoms with Crippen molar-refractivity contribution in [2.24, 2.45) is 0 Å². The molecule has 6 nitrogen and oxygen atoms in total. The van der Waals surface area contributed by atoms with Gasteiger partial charge >= 0.3 is 5.03 Å². The maximum absolute atomic E-state index is 12.5. The maximum atomic E-state index is 12.5. The highest BCUT2D eigenvalue weighted by Crippen LogP contribution is 2.25. The summed E-state index contributed by atoms with van der Waals surface area (Å²) in [5.41, 5.74) is 7.97. The number of aromatic nitrogens is 2. The molecule has 0 atom stereocenters. The monoisotopic (exact) mass is 550 g/mol. The van der Waals surface area contributed by atoms with E-state index in [2.05, 4.69) is 32.0 Å². The van der Waals surface area contributed by atoms with Gasteiger partial charge in [0.15, 0.2) is 12.4 Å². The third kappa shape index (κ3) is 7.36. The Morgan fingerprint density at radius 1 is 0.684 bits per heavy atom. The molecule has 0 N–H and O–H groups in total. The molecule has 8 heteroatoms. The van der Waals surface area contributed by atoms with Crippen LogP contribution in [0.3, 0.4) is 0 Å². The molecule has 0 saturated carbocycles. The summed E-state index contributed by atoms with van der Waals surface area (Å²) in [5, 5.41) is 24.1. The summed E-state index contributed by atoms with van der Waals surface area (Å²) < 4.78 is 26.3. The first-order valence-corrected chi connectivity index (χ1v) is 14.9. The molecule has 0 aliphatic heterocycles. The second-order valence-corrected chi connectivity index (χ2v) is 12.4. The summed E-state index contributed by atoms with van der Waals surface area (Å²) in [4.78, 5) is 0. The number of nitrogens with zero attached hydrogens (tertiary/aromatic N) is 2. The van der Waals surface area contributed by atoms with Crippen LogP contribution in [0.1, 0.15) is 44.5 Å². The van der Waals surface area contributed by atoms with Gasteiger partial charge in [-0.1, -0.05) is 59.3 Å². The van der Waals surface area contributed by atoms with Crippen LogP contribution in [0.2, 0.25) is 0 Å². The van der Waals surface area contributed by atoms with Crippen molar-refractivity contribution in [2.45, 2.75) is 63.1 Å². The molecule has 2 aromatic heterocycles. The lowest BCUT2D eigenvalue weighted by Crippen LogP contribution is -2.35. The Morgan fingerprint density at radius 3 is 1.79 bits per heavy atom. The van der Waals surface area contributed by atoms with Crippen LogP contribution in [0.15, 0.2) is 83.1 Å². The van der Waals surface area contributed by atoms with Gasteiger partial charge in [0.25, 0.3) is 5.03 Å². The van der Waals surface area contributed by atoms with Gasteiger partial charge in [-0.2, -0.15) is 9.46 Å². The summed E-state index contributed by atoms with van der Waals surface area (Å²) >= 11 is 1.60. The molecule has 2 heterocycles. The van der Waals surface area contributed by atoms with Gasteiger partial charge in [0.1, 0.15) is 0 Å². The van der Waals surface area contributed by atoms with E-state index in [1.807, 2.05) is 45.0 Å². The number of hydrogen-bond donors (Lipinski definition) is 0. The lowest BCUT2D eigenvalue weighted by molar-refractivity contribution is -0.647. The molecular formula is C30H34N2O4S2. The van der Waals surface area contributed by atoms with E-state index in [4.69, 9.17) is 0 Å². The summed E-state index contributed by atoms with van der Waals surface area (Å²) in [7, 11) is -3.66. The highest BCUT2D eigenvalue weighted by atomic mass is 32.2. The first-order valence-electron chi connectivity index (χ1n) is 12.2. The van der Waals surface area contributed by atoms with Crippen molar-refractivity contribution < 1.29 is 17.9 Å². The molecule has 4 aromatic rings. The van der Waals surface area contributed by atoms with Crippen LogP contribution >= 0.6 is 11.8 Å². The lowest BCUT2D eigenvalue weighted by Gasteiger charge is -2.10. The molecule has 0 spiro atoms. The van der Waals surface area contributed by atoms with Crippen molar-refractivity contribution in [1.82, 2.24) is 0 Å². The van der Waals surface area contributed by atoms with Crippen LogP contribution in [0.5, 0.6) is 0 Å². The maximum Gasteiger partial charge on any atom is 0.311 e. The first-order chi connectivity index (χ1) is 17.9. The van der Waals surface area contributed by atoms with E-state index in [0.717, 1.165) is 37.8 Å². The topological polar surface area (TPSA) is 88.0 Å². The number of sulfone groups is 1. The minimum absolute atomic E-state index is 0.159. The lowest BCUT2D eigenvalue weighted by atomic mass is 10.1. The van der Waals surface area contributed by atoms with Crippen LogP contribution in [0, 0.1) is 52.0 Å². The van der Waals surface area contributed by atoms with Crippen molar-refractivity contribution in [1.29, 1.82) is 0 Å². The van der Waals surface area contributed by atoms with Gasteiger partial charge in [0, 0.05) is 29.0 Å². The van der Waals surface area contributed by atoms with Gasteiger partial charge in [0.2, 0.25) is 9.84 Å². The van der Waals surface area contributed by atoms with Crippen molar-refractivity contribution >= 4 is 21.6 Å². The second-order valence-electron chi connectivity index (χ2n) is 9.55. The Bertz CT molecular complexity index is 1510. The van der Waals surface area contributed by atoms with Gasteiger partial charge in [-0.15, -0.1) is 0 Å². The van der Waals surface area contributed by atoms with E-state index in [-0.39, 0.29) is 10.8 Å². The molecule has 0 aliphatic rings. The molecule has 4 rings (SSSR count). The molecule has 0 amide bonds. The van der Waals surface area contributed by atoms with E-state index in [9.17, 15) is 18.8 Å². The predicted octanol–water partition coefficient (Wildman–Crippen LogP) is 5.76. The Labute approximate surface area is 230 Å². The third-order valence-corrected chi connectivity index (χ3v) is 9.24. The zero-order valence-corrected chi connectivity index (χ0v) is 24.3. The van der Waals surface area contributed by atoms with Crippen LogP contribution in [0.4, 0.5) is 0 Å². The average Bonchev–Trinajstić information content (AvgIpc) is 2.83. The summed E-state index contributed by atoms with van der Waals surface area (Å²) in [5.74, 6) is 0.675. The summed E-state index contributed by atoms with van der Waals surface area (Å²) in [6.45, 7) is 11.6. The number of pyridine rings is 2. The largest absolute Gasteiger partial charge is 0.618 e. The predicted molar refractivity (Wildman–Crippen MR) is 153 cm³/mol. The minimum atomic E-state index is -3.66. The summed E-state index contributed by atoms with van der Waals surface area (Å²) in [6, 6.07) is 19.0. The molecule has 38 heavy (non-hydrogen) atoms. The van der Waals surface area contributed by atoms with Crippen molar-refractivity contribution in [3.05, 3.63) is 128 Å². The molecule has 0 aliphatic carbocycles. The van der Waals surface area contributed by atoms with Crippen molar-refractivity contribution in [2.75, 3.05) is 0 Å². The van der Waals surface area contributed by atoms with Crippen molar-refractivity contribution in [3.63, 3.8) is 0 Å². The summed E-state index contributed by atoms with van der Waals surface area (Å²) in [6.07, 6.45) is 2.77. The molecule has 2 aromatic carbocycles. The number of hydrogen-bond acceptors (Lipinski definition) is 5. The standard InChI is InChI=1S/C15H17NO3S.C15H17NOS/c1-11-6-7-12(2)14(9-11)10-20(18,19)15-13(3)5-4-8-16(15)17;1-11-6-7-12(2)14(9-11)10-18-15-13(3)5-4-8-16(15)17/h4-9H,10H2,1-3H3;4-9H,10H2,1-3H3. The third-order valence-electron chi connectivity index (χ3n) is 6.22. The van der Waals surface area contributed by atoms with E-state index in [1.165, 1.54) is 22.9 Å². The Balaban J connectivity index is 0.000000212. The minimum Gasteiger partial charge on any atom is -0.618 e. The molecule has 200 valence electrons. The Kier molecular flexibility index (Phi) is 9.57. The van der Waals surface area contributed by atoms with Crippen LogP contribution in [0.25, 0.3) is 0 Å². The van der Waals surface area contributed by atoms with E-state index < -0.39 is 9.84 Å². The average molecular weight is 551 g/mol. The van der Waals surface area contributed by atoms with Gasteiger partial charge < -0.3 is 10.4 Å². The van der Waals surface area contributed by atoms with Crippen LogP contribution < -0.4 is 9.46 Å². The fourth-order valence-electron chi connectivity index (χ4n) is 4.05. The number of aryl methyl sites for hydroxylation is 6. The normalized spacial score (nSPS) is 11.1. The van der Waals surface area contributed by atoms with Crippen molar-refractivity contribution in [3.8, 4) is 0 Å². The first kappa shape index (κ1) is 29.2. The molecule has 0 fully saturated rings. The van der Waals surface area contributed by atoms with Gasteiger partial charge in [0.05, 0.1) is 5.75 Å². The zero-order valence-electron chi connectivity index (χ0n) is 22.7. The molecule has 0 bridgehead atoms.